The van der Waals surface area contributed by atoms with Crippen molar-refractivity contribution in [3.8, 4) is 0 Å². The molecule has 6 unspecified atom stereocenters. The predicted octanol–water partition coefficient (Wildman–Crippen LogP) is 16.3. The summed E-state index contributed by atoms with van der Waals surface area (Å²) >= 11 is 0. The van der Waals surface area contributed by atoms with Crippen molar-refractivity contribution in [2.24, 2.45) is 0 Å². The van der Waals surface area contributed by atoms with Crippen molar-refractivity contribution in [2.45, 2.75) is 96.3 Å². The van der Waals surface area contributed by atoms with Gasteiger partial charge in [-0.2, -0.15) is 0 Å². The Kier molecular flexibility index (Phi) is 19.6. The van der Waals surface area contributed by atoms with Gasteiger partial charge in [0.1, 0.15) is 0 Å². The van der Waals surface area contributed by atoms with Gasteiger partial charge in [-0.15, -0.1) is 0 Å². The van der Waals surface area contributed by atoms with Crippen molar-refractivity contribution in [2.75, 3.05) is 12.3 Å². The molecule has 0 aliphatic carbocycles. The highest BCUT2D eigenvalue weighted by Gasteiger charge is 2.44. The number of hydrogen-bond donors (Lipinski definition) is 0. The van der Waals surface area contributed by atoms with Gasteiger partial charge in [0.15, 0.2) is 0 Å². The minimum absolute atomic E-state index is 0.463. The van der Waals surface area contributed by atoms with Gasteiger partial charge < -0.3 is 0 Å². The minimum atomic E-state index is -0.633. The molecule has 6 atom stereocenters. The van der Waals surface area contributed by atoms with Gasteiger partial charge in [0.2, 0.25) is 0 Å². The first-order valence-electron chi connectivity index (χ1n) is 22.4. The summed E-state index contributed by atoms with van der Waals surface area (Å²) in [4.78, 5) is 0. The van der Waals surface area contributed by atoms with Crippen LogP contribution in [0.1, 0.15) is 96.3 Å². The largest absolute Gasteiger partial charge is 0.0622 e. The molecule has 1 heterocycles. The highest BCUT2D eigenvalue weighted by atomic mass is 32.8. The lowest BCUT2D eigenvalue weighted by molar-refractivity contribution is 0.535. The molecule has 0 N–H and O–H groups in total. The highest BCUT2D eigenvalue weighted by Crippen LogP contribution is 3.05. The van der Waals surface area contributed by atoms with Gasteiger partial charge in [-0.25, -0.2) is 0 Å². The average molecular weight is 887 g/mol. The third-order valence-electron chi connectivity index (χ3n) is 11.3. The molecule has 0 aromatic heterocycles. The van der Waals surface area contributed by atoms with Crippen molar-refractivity contribution >= 4 is 76.2 Å². The van der Waals surface area contributed by atoms with Crippen LogP contribution in [0.15, 0.2) is 182 Å². The van der Waals surface area contributed by atoms with Crippen LogP contribution in [0.25, 0.3) is 0 Å². The maximum Gasteiger partial charge on any atom is -0.00600 e. The second-order valence-corrected chi connectivity index (χ2v) is 39.9. The summed E-state index contributed by atoms with van der Waals surface area (Å²) in [6.45, 7) is 0. The van der Waals surface area contributed by atoms with Crippen LogP contribution < -0.4 is 31.8 Å². The molecule has 0 bridgehead atoms. The monoisotopic (exact) mass is 886 g/mol. The molecule has 6 heteroatoms. The third-order valence-corrected chi connectivity index (χ3v) is 51.1. The van der Waals surface area contributed by atoms with E-state index in [1.165, 1.54) is 109 Å². The maximum absolute atomic E-state index is 2.55. The normalized spacial score (nSPS) is 23.8. The molecular formula is C53H64P6. The Morgan fingerprint density at radius 3 is 0.610 bits per heavy atom. The zero-order valence-electron chi connectivity index (χ0n) is 35.0. The topological polar surface area (TPSA) is 0 Å². The molecule has 0 spiro atoms. The minimum Gasteiger partial charge on any atom is -0.0622 e. The molecule has 7 rings (SSSR count). The van der Waals surface area contributed by atoms with Crippen LogP contribution in [0.5, 0.6) is 0 Å². The third kappa shape index (κ3) is 13.4. The van der Waals surface area contributed by atoms with Crippen molar-refractivity contribution < 1.29 is 0 Å². The van der Waals surface area contributed by atoms with E-state index in [0.29, 0.717) is 0 Å². The zero-order valence-corrected chi connectivity index (χ0v) is 40.4. The second-order valence-electron chi connectivity index (χ2n) is 15.7. The van der Waals surface area contributed by atoms with Gasteiger partial charge in [-0.05, 0) is 101 Å². The lowest BCUT2D eigenvalue weighted by Crippen LogP contribution is -2.15. The van der Waals surface area contributed by atoms with Crippen LogP contribution in [-0.2, 0) is 0 Å². The maximum atomic E-state index is 2.55. The first kappa shape index (κ1) is 44.9. The Bertz CT molecular complexity index is 1840. The summed E-state index contributed by atoms with van der Waals surface area (Å²) < 4.78 is 0. The van der Waals surface area contributed by atoms with Crippen molar-refractivity contribution in [3.05, 3.63) is 182 Å². The molecule has 6 aromatic rings. The summed E-state index contributed by atoms with van der Waals surface area (Å²) in [7, 11) is -3.34. The molecular weight excluding hydrogens is 822 g/mol. The Morgan fingerprint density at radius 2 is 0.373 bits per heavy atom. The first-order valence-corrected chi connectivity index (χ1v) is 34.4. The van der Waals surface area contributed by atoms with Crippen molar-refractivity contribution in [1.82, 2.24) is 0 Å². The Hall–Kier alpha value is -2.10. The van der Waals surface area contributed by atoms with Crippen LogP contribution in [0.3, 0.4) is 0 Å². The van der Waals surface area contributed by atoms with Crippen molar-refractivity contribution in [3.63, 3.8) is 0 Å². The average Bonchev–Trinajstić information content (AvgIpc) is 3.31. The molecule has 306 valence electrons. The molecule has 0 nitrogen and oxygen atoms in total. The second kappa shape index (κ2) is 25.7. The molecule has 0 radical (unpaired) electrons. The Labute approximate surface area is 364 Å². The lowest BCUT2D eigenvalue weighted by Gasteiger charge is -2.45. The van der Waals surface area contributed by atoms with Crippen LogP contribution in [0.4, 0.5) is 0 Å². The lowest BCUT2D eigenvalue weighted by atomic mass is 10.0. The highest BCUT2D eigenvalue weighted by molar-refractivity contribution is 8.96. The molecule has 1 aliphatic rings. The van der Waals surface area contributed by atoms with E-state index in [9.17, 15) is 0 Å². The van der Waals surface area contributed by atoms with Crippen LogP contribution in [-0.4, -0.2) is 12.3 Å². The van der Waals surface area contributed by atoms with Crippen LogP contribution in [0.2, 0.25) is 0 Å². The smallest absolute Gasteiger partial charge is 0.00600 e. The van der Waals surface area contributed by atoms with Crippen molar-refractivity contribution in [1.29, 1.82) is 0 Å². The van der Waals surface area contributed by atoms with E-state index in [2.05, 4.69) is 182 Å². The summed E-state index contributed by atoms with van der Waals surface area (Å²) in [6, 6.07) is 72.0. The van der Waals surface area contributed by atoms with Gasteiger partial charge in [0.25, 0.3) is 0 Å². The summed E-state index contributed by atoms with van der Waals surface area (Å²) in [5.74, 6) is 0. The fraction of sp³-hybridized carbons (Fsp3) is 0.321. The van der Waals surface area contributed by atoms with Gasteiger partial charge in [0, 0.05) is 0 Å². The summed E-state index contributed by atoms with van der Waals surface area (Å²) in [5, 5.41) is 9.70. The van der Waals surface area contributed by atoms with E-state index in [1.54, 1.807) is 31.8 Å². The number of benzene rings is 6. The van der Waals surface area contributed by atoms with Crippen LogP contribution in [0, 0.1) is 0 Å². The Morgan fingerprint density at radius 1 is 0.186 bits per heavy atom. The van der Waals surface area contributed by atoms with Gasteiger partial charge in [-0.3, -0.25) is 0 Å². The fourth-order valence-corrected chi connectivity index (χ4v) is 64.0. The van der Waals surface area contributed by atoms with E-state index in [1.807, 2.05) is 0 Å². The summed E-state index contributed by atoms with van der Waals surface area (Å²) in [5.41, 5.74) is 0. The molecule has 1 fully saturated rings. The standard InChI is InChI=1S/C53H64P6/c1-2-4-6-8-10-12-32-46-54(48-34-20-14-21-35-48)56(50-38-24-16-25-39-50)58(52-42-28-18-29-43-52)59(53-44-30-19-31-45-53)57(51-40-26-17-27-41-51)55(49-36-22-15-23-37-49)47-33-13-11-9-7-5-3-1/h14-31,34-45H,1-13,32-33,46-47H2. The molecule has 1 saturated heterocycles. The van der Waals surface area contributed by atoms with E-state index >= 15 is 0 Å². The predicted molar refractivity (Wildman–Crippen MR) is 277 cm³/mol. The number of hydrogen-bond acceptors (Lipinski definition) is 0. The SMILES string of the molecule is c1ccc(P2CCCCCCCCCCCCCCCCCP(c3ccccc3)P(c3ccccc3)P(c3ccccc3)P(c3ccccc3)P2c2ccccc2)cc1. The van der Waals surface area contributed by atoms with Gasteiger partial charge in [-0.1, -0.05) is 265 Å². The summed E-state index contributed by atoms with van der Waals surface area (Å²) in [6.07, 6.45) is 23.6. The quantitative estimate of drug-likeness (QED) is 0.146. The zero-order chi connectivity index (χ0) is 40.2. The first-order chi connectivity index (χ1) is 29.4. The molecule has 1 aliphatic heterocycles. The van der Waals surface area contributed by atoms with E-state index in [0.717, 1.165) is 0 Å². The molecule has 0 saturated carbocycles. The fourth-order valence-electron chi connectivity index (χ4n) is 8.23. The molecule has 0 amide bonds. The van der Waals surface area contributed by atoms with E-state index in [4.69, 9.17) is 0 Å². The van der Waals surface area contributed by atoms with Crippen LogP contribution >= 0.6 is 44.4 Å². The van der Waals surface area contributed by atoms with Gasteiger partial charge in [0.05, 0.1) is 0 Å². The Balaban J connectivity index is 1.44. The number of rotatable bonds is 6. The van der Waals surface area contributed by atoms with E-state index in [-0.39, 0.29) is 0 Å². The van der Waals surface area contributed by atoms with E-state index < -0.39 is 44.4 Å². The molecule has 6 aromatic carbocycles. The van der Waals surface area contributed by atoms with Gasteiger partial charge >= 0.3 is 0 Å². The molecule has 59 heavy (non-hydrogen) atoms.